The van der Waals surface area contributed by atoms with Crippen LogP contribution in [0.4, 0.5) is 4.79 Å². The minimum atomic E-state index is -2.06. The predicted octanol–water partition coefficient (Wildman–Crippen LogP) is 2.43. The number of ether oxygens (including phenoxy) is 1. The predicted molar refractivity (Wildman–Crippen MR) is 73.8 cm³/mol. The normalized spacial score (nSPS) is 11.1. The van der Waals surface area contributed by atoms with Crippen molar-refractivity contribution in [2.75, 3.05) is 26.4 Å². The summed E-state index contributed by atoms with van der Waals surface area (Å²) in [7, 11) is -2.06. The van der Waals surface area contributed by atoms with Crippen LogP contribution in [0.5, 0.6) is 0 Å². The zero-order chi connectivity index (χ0) is 13.9. The molecule has 0 aromatic carbocycles. The summed E-state index contributed by atoms with van der Waals surface area (Å²) in [6.45, 7) is 11.6. The first-order chi connectivity index (χ1) is 8.58. The lowest BCUT2D eigenvalue weighted by molar-refractivity contribution is 0.157. The molecule has 0 aromatic rings. The van der Waals surface area contributed by atoms with Crippen LogP contribution in [0, 0.1) is 0 Å². The fourth-order valence-electron chi connectivity index (χ4n) is 1.58. The van der Waals surface area contributed by atoms with Gasteiger partial charge in [0.1, 0.15) is 6.61 Å². The van der Waals surface area contributed by atoms with E-state index in [1.807, 2.05) is 13.8 Å². The lowest BCUT2D eigenvalue weighted by atomic mass is 10.5. The van der Waals surface area contributed by atoms with Gasteiger partial charge in [0.2, 0.25) is 0 Å². The zero-order valence-electron chi connectivity index (χ0n) is 11.7. The molecular formula is C12H25NO4Si. The van der Waals surface area contributed by atoms with E-state index in [4.69, 9.17) is 13.6 Å². The molecule has 0 saturated heterocycles. The molecule has 0 heterocycles. The second-order valence-corrected chi connectivity index (χ2v) is 7.26. The second kappa shape index (κ2) is 10.1. The van der Waals surface area contributed by atoms with Crippen LogP contribution in [0.2, 0.25) is 12.6 Å². The number of hydrogen-bond acceptors (Lipinski definition) is 4. The van der Waals surface area contributed by atoms with Gasteiger partial charge in [-0.1, -0.05) is 12.7 Å². The van der Waals surface area contributed by atoms with Crippen molar-refractivity contribution in [1.82, 2.24) is 5.32 Å². The summed E-state index contributed by atoms with van der Waals surface area (Å²) in [5.41, 5.74) is 0. The number of hydrogen-bond donors (Lipinski definition) is 1. The molecule has 0 saturated carbocycles. The van der Waals surface area contributed by atoms with E-state index >= 15 is 0 Å². The van der Waals surface area contributed by atoms with Crippen LogP contribution in [0.25, 0.3) is 0 Å². The molecule has 0 aromatic heterocycles. The first-order valence-electron chi connectivity index (χ1n) is 6.37. The Balaban J connectivity index is 3.78. The number of carbonyl (C=O) groups excluding carboxylic acids is 1. The van der Waals surface area contributed by atoms with Crippen LogP contribution in [0.3, 0.4) is 0 Å². The van der Waals surface area contributed by atoms with Gasteiger partial charge in [-0.15, -0.1) is 0 Å². The summed E-state index contributed by atoms with van der Waals surface area (Å²) < 4.78 is 16.2. The summed E-state index contributed by atoms with van der Waals surface area (Å²) in [5, 5.41) is 2.68. The van der Waals surface area contributed by atoms with Crippen molar-refractivity contribution in [3.63, 3.8) is 0 Å². The van der Waals surface area contributed by atoms with E-state index < -0.39 is 14.7 Å². The Morgan fingerprint density at radius 3 is 2.44 bits per heavy atom. The zero-order valence-corrected chi connectivity index (χ0v) is 12.7. The van der Waals surface area contributed by atoms with Crippen molar-refractivity contribution in [2.24, 2.45) is 0 Å². The van der Waals surface area contributed by atoms with Crippen LogP contribution >= 0.6 is 0 Å². The van der Waals surface area contributed by atoms with Crippen molar-refractivity contribution < 1.29 is 18.4 Å². The second-order valence-electron chi connectivity index (χ2n) is 3.92. The highest BCUT2D eigenvalue weighted by molar-refractivity contribution is 6.66. The van der Waals surface area contributed by atoms with Crippen LogP contribution in [-0.2, 0) is 13.6 Å². The Bertz CT molecular complexity index is 242. The fourth-order valence-corrected chi connectivity index (χ4v) is 3.99. The molecule has 106 valence electrons. The highest BCUT2D eigenvalue weighted by Crippen LogP contribution is 2.15. The highest BCUT2D eigenvalue weighted by atomic mass is 28.4. The Morgan fingerprint density at radius 1 is 1.33 bits per heavy atom. The van der Waals surface area contributed by atoms with Gasteiger partial charge in [0.25, 0.3) is 0 Å². The third-order valence-corrected chi connectivity index (χ3v) is 5.37. The molecule has 6 heteroatoms. The standard InChI is InChI=1S/C12H25NO4Si/c1-5-10-15-12(14)13-9-8-11-18(4,16-6-2)17-7-3/h5H,1,6-11H2,2-4H3,(H,13,14). The van der Waals surface area contributed by atoms with Crippen molar-refractivity contribution in [3.05, 3.63) is 12.7 Å². The van der Waals surface area contributed by atoms with Crippen LogP contribution in [0.1, 0.15) is 20.3 Å². The Hall–Kier alpha value is -0.853. The summed E-state index contributed by atoms with van der Waals surface area (Å²) in [4.78, 5) is 11.1. The molecule has 1 N–H and O–H groups in total. The summed E-state index contributed by atoms with van der Waals surface area (Å²) >= 11 is 0. The number of rotatable bonds is 10. The highest BCUT2D eigenvalue weighted by Gasteiger charge is 2.29. The van der Waals surface area contributed by atoms with Gasteiger partial charge in [-0.2, -0.15) is 0 Å². The lowest BCUT2D eigenvalue weighted by Gasteiger charge is -2.25. The van der Waals surface area contributed by atoms with Gasteiger partial charge in [-0.25, -0.2) is 4.79 Å². The van der Waals surface area contributed by atoms with Gasteiger partial charge in [0, 0.05) is 19.8 Å². The van der Waals surface area contributed by atoms with E-state index in [0.717, 1.165) is 12.5 Å². The quantitative estimate of drug-likeness (QED) is 0.378. The molecule has 0 rings (SSSR count). The van der Waals surface area contributed by atoms with Crippen molar-refractivity contribution in [3.8, 4) is 0 Å². The molecule has 0 spiro atoms. The van der Waals surface area contributed by atoms with Crippen LogP contribution in [0.15, 0.2) is 12.7 Å². The molecule has 0 atom stereocenters. The monoisotopic (exact) mass is 275 g/mol. The smallest absolute Gasteiger partial charge is 0.407 e. The number of nitrogens with one attached hydrogen (secondary N) is 1. The molecule has 0 radical (unpaired) electrons. The van der Waals surface area contributed by atoms with E-state index in [9.17, 15) is 4.79 Å². The minimum absolute atomic E-state index is 0.232. The van der Waals surface area contributed by atoms with Crippen molar-refractivity contribution in [2.45, 2.75) is 32.9 Å². The molecule has 5 nitrogen and oxygen atoms in total. The molecule has 0 fully saturated rings. The van der Waals surface area contributed by atoms with Crippen LogP contribution in [-0.4, -0.2) is 41.0 Å². The van der Waals surface area contributed by atoms with E-state index in [2.05, 4.69) is 18.4 Å². The molecule has 0 unspecified atom stereocenters. The number of carbonyl (C=O) groups is 1. The molecule has 0 bridgehead atoms. The fraction of sp³-hybridized carbons (Fsp3) is 0.750. The maximum atomic E-state index is 11.1. The van der Waals surface area contributed by atoms with Crippen LogP contribution < -0.4 is 5.32 Å². The topological polar surface area (TPSA) is 56.8 Å². The summed E-state index contributed by atoms with van der Waals surface area (Å²) in [5.74, 6) is 0. The first-order valence-corrected chi connectivity index (χ1v) is 8.89. The van der Waals surface area contributed by atoms with Gasteiger partial charge in [-0.3, -0.25) is 0 Å². The summed E-state index contributed by atoms with van der Waals surface area (Å²) in [6.07, 6.45) is 1.95. The molecular weight excluding hydrogens is 250 g/mol. The Labute approximate surface area is 111 Å². The lowest BCUT2D eigenvalue weighted by Crippen LogP contribution is -2.39. The summed E-state index contributed by atoms with van der Waals surface area (Å²) in [6, 6.07) is 0.858. The number of amides is 1. The van der Waals surface area contributed by atoms with Gasteiger partial charge < -0.3 is 18.9 Å². The van der Waals surface area contributed by atoms with E-state index in [1.165, 1.54) is 6.08 Å². The van der Waals surface area contributed by atoms with E-state index in [1.54, 1.807) is 0 Å². The molecule has 0 aliphatic carbocycles. The average molecular weight is 275 g/mol. The van der Waals surface area contributed by atoms with Gasteiger partial charge in [0.05, 0.1) is 0 Å². The minimum Gasteiger partial charge on any atom is -0.445 e. The van der Waals surface area contributed by atoms with E-state index in [0.29, 0.717) is 19.8 Å². The third kappa shape index (κ3) is 8.27. The molecule has 18 heavy (non-hydrogen) atoms. The SMILES string of the molecule is C=CCOC(=O)NCCC[Si](C)(OCC)OCC. The van der Waals surface area contributed by atoms with Crippen molar-refractivity contribution >= 4 is 14.7 Å². The number of alkyl carbamates (subject to hydrolysis) is 1. The first kappa shape index (κ1) is 17.1. The Morgan fingerprint density at radius 2 is 1.94 bits per heavy atom. The van der Waals surface area contributed by atoms with Gasteiger partial charge >= 0.3 is 14.7 Å². The van der Waals surface area contributed by atoms with E-state index in [-0.39, 0.29) is 6.61 Å². The average Bonchev–Trinajstić information content (AvgIpc) is 2.33. The maximum Gasteiger partial charge on any atom is 0.407 e. The van der Waals surface area contributed by atoms with Gasteiger partial charge in [0.15, 0.2) is 0 Å². The van der Waals surface area contributed by atoms with Crippen molar-refractivity contribution in [1.29, 1.82) is 0 Å². The third-order valence-electron chi connectivity index (χ3n) is 2.31. The maximum absolute atomic E-state index is 11.1. The largest absolute Gasteiger partial charge is 0.445 e. The van der Waals surface area contributed by atoms with Gasteiger partial charge in [-0.05, 0) is 32.9 Å². The Kier molecular flexibility index (Phi) is 9.63. The molecule has 0 aliphatic rings. The molecule has 0 aliphatic heterocycles. The molecule has 1 amide bonds.